The number of amides is 4. The van der Waals surface area contributed by atoms with Gasteiger partial charge in [0.25, 0.3) is 0 Å². The maximum Gasteiger partial charge on any atom is 0.419 e. The summed E-state index contributed by atoms with van der Waals surface area (Å²) in [5, 5.41) is 28.5. The molecule has 6 aliphatic heterocycles. The fraction of sp³-hybridized carbons (Fsp3) is 0.578. The number of hydrogen-bond acceptors (Lipinski definition) is 25. The fourth-order valence-electron chi connectivity index (χ4n) is 15.2. The van der Waals surface area contributed by atoms with Crippen LogP contribution in [0.4, 0.5) is 19.2 Å². The molecule has 0 saturated carbocycles. The van der Waals surface area contributed by atoms with Gasteiger partial charge in [-0.2, -0.15) is 0 Å². The number of hydrogen-bond donors (Lipinski definition) is 4. The first kappa shape index (κ1) is 93.9. The van der Waals surface area contributed by atoms with Gasteiger partial charge in [0.2, 0.25) is 0 Å². The van der Waals surface area contributed by atoms with E-state index in [1.165, 1.54) is 0 Å². The zero-order valence-electron chi connectivity index (χ0n) is 66.9. The van der Waals surface area contributed by atoms with Crippen molar-refractivity contribution in [3.05, 3.63) is 159 Å². The molecular formula is C83H117N3O24S4. The third-order valence-corrected chi connectivity index (χ3v) is 28.7. The minimum atomic E-state index is -3.58. The van der Waals surface area contributed by atoms with Crippen molar-refractivity contribution in [2.24, 2.45) is 53.1 Å². The number of benzene rings is 4. The number of aldehydes is 1. The van der Waals surface area contributed by atoms with E-state index in [0.717, 1.165) is 16.1 Å². The Morgan fingerprint density at radius 2 is 0.728 bits per heavy atom. The van der Waals surface area contributed by atoms with Crippen molar-refractivity contribution in [3.8, 4) is 0 Å². The van der Waals surface area contributed by atoms with E-state index >= 15 is 0 Å². The average molecular weight is 1670 g/mol. The van der Waals surface area contributed by atoms with Crippen molar-refractivity contribution in [3.63, 3.8) is 0 Å². The fourth-order valence-corrected chi connectivity index (χ4v) is 22.4. The van der Waals surface area contributed by atoms with Gasteiger partial charge in [-0.1, -0.05) is 119 Å². The minimum Gasteiger partial charge on any atom is -0.444 e. The van der Waals surface area contributed by atoms with Gasteiger partial charge in [-0.25, -0.2) is 62.6 Å². The summed E-state index contributed by atoms with van der Waals surface area (Å²) in [6.07, 6.45) is 0.823. The molecule has 5 N–H and O–H groups in total. The molecule has 27 nitrogen and oxygen atoms in total. The highest BCUT2D eigenvalue weighted by atomic mass is 32.2. The quantitative estimate of drug-likeness (QED) is 0.0214. The highest BCUT2D eigenvalue weighted by Crippen LogP contribution is 2.43. The van der Waals surface area contributed by atoms with Crippen molar-refractivity contribution in [1.29, 1.82) is 0 Å². The number of rotatable bonds is 30. The molecule has 0 bridgehead atoms. The van der Waals surface area contributed by atoms with Gasteiger partial charge >= 0.3 is 24.4 Å². The zero-order chi connectivity index (χ0) is 84.3. The third-order valence-electron chi connectivity index (χ3n) is 21.4. The van der Waals surface area contributed by atoms with E-state index < -0.39 is 117 Å². The Morgan fingerprint density at radius 3 is 0.982 bits per heavy atom. The molecule has 0 spiro atoms. The lowest BCUT2D eigenvalue weighted by Crippen LogP contribution is -2.38. The topological polar surface area (TPSA) is 389 Å². The SMILES string of the molecule is C=CC[C@@H]1OC(C[C@H](O)CN)[C@H](C)[C@H]1CS(=O)(=O)c1ccccc1.C=CC[C@@H]1OC(C[C@H](O)CO)[C@H](C)[C@H]1CS(=O)(=O)c1ccccc1.C=CC[C@@H]1OC(C[C@H]2CN(C(=O)OC(C)(C)C)C(=O)O2)[C@H](C)[C@H]1CS(=O)(=O)c1ccccc1.C[C@H]1C(C[C@H]2CN(C(=O)OC(C)(C)C)C(=O)O2)O[C@@H](CC=O)[C@@H]1CS(=O)(=O)c1ccccc1. The molecule has 6 saturated heterocycles. The molecule has 632 valence electrons. The highest BCUT2D eigenvalue weighted by Gasteiger charge is 2.51. The molecule has 20 atom stereocenters. The first-order chi connectivity index (χ1) is 53.6. The second-order valence-electron chi connectivity index (χ2n) is 32.2. The van der Waals surface area contributed by atoms with Crippen LogP contribution in [0.15, 0.2) is 179 Å². The van der Waals surface area contributed by atoms with Gasteiger partial charge in [0.05, 0.1) is 123 Å². The maximum absolute atomic E-state index is 13.0. The lowest BCUT2D eigenvalue weighted by molar-refractivity contribution is -0.110. The summed E-state index contributed by atoms with van der Waals surface area (Å²) in [5.41, 5.74) is 4.00. The van der Waals surface area contributed by atoms with Crippen LogP contribution in [0.25, 0.3) is 0 Å². The zero-order valence-corrected chi connectivity index (χ0v) is 70.1. The number of ether oxygens (including phenoxy) is 8. The van der Waals surface area contributed by atoms with E-state index in [9.17, 15) is 67.9 Å². The summed E-state index contributed by atoms with van der Waals surface area (Å²) in [6, 6.07) is 33.4. The molecule has 0 aliphatic carbocycles. The van der Waals surface area contributed by atoms with Crippen LogP contribution in [0, 0.1) is 47.3 Å². The summed E-state index contributed by atoms with van der Waals surface area (Å²) in [5.74, 6) is -1.42. The van der Waals surface area contributed by atoms with E-state index in [-0.39, 0.29) is 150 Å². The molecule has 0 aromatic heterocycles. The van der Waals surface area contributed by atoms with Crippen molar-refractivity contribution in [1.82, 2.24) is 9.80 Å². The predicted octanol–water partition coefficient (Wildman–Crippen LogP) is 11.0. The van der Waals surface area contributed by atoms with E-state index in [1.807, 2.05) is 27.7 Å². The van der Waals surface area contributed by atoms with Crippen LogP contribution in [-0.4, -0.2) is 223 Å². The Bertz CT molecular complexity index is 4010. The van der Waals surface area contributed by atoms with Crippen LogP contribution in [0.3, 0.4) is 0 Å². The number of carbonyl (C=O) groups is 5. The number of aliphatic hydroxyl groups is 3. The second kappa shape index (κ2) is 41.7. The van der Waals surface area contributed by atoms with Gasteiger partial charge in [0.15, 0.2) is 39.3 Å². The van der Waals surface area contributed by atoms with E-state index in [0.29, 0.717) is 48.3 Å². The lowest BCUT2D eigenvalue weighted by Gasteiger charge is -2.22. The molecule has 6 fully saturated rings. The number of cyclic esters (lactones) is 2. The number of nitrogens with zero attached hydrogens (tertiary/aromatic N) is 2. The first-order valence-electron chi connectivity index (χ1n) is 38.7. The standard InChI is InChI=1S/C24H33NO7S.C23H31NO8S.C18H27NO4S.C18H26O5S/c1-6-10-20-19(15-33(28,29)18-11-8-7-9-12-18)16(2)21(31-20)13-17-14-25(22(26)30-17)23(27)32-24(3,4)5;1-15-18(14-33(28,29)17-8-6-5-7-9-17)19(10-11-25)31-20(15)12-16-13-24(21(26)30-16)22(27)32-23(2,3)4;2*1-3-7-17-16(13(2)18(23-17)10-14(20)11-19)12-24(21,22)15-8-5-4-6-9-15/h6-9,11-12,16-17,19-21H,1,10,13-15H2,2-5H3;5-9,11,15-16,18-20H,10,12-14H2,1-4H3;3-6,8-9,13-14,16-18,20H,1,7,10-12,19H2,2H3;3-6,8-9,13-14,16-20H,1,7,10-12H2,2H3/t16-,17+,19-,20+,21?;15-,16+,18-,19+,20?;2*13-,14+,16-,17+,18?/m1111/s1. The second-order valence-corrected chi connectivity index (χ2v) is 40.3. The Labute approximate surface area is 673 Å². The largest absolute Gasteiger partial charge is 0.444 e. The highest BCUT2D eigenvalue weighted by molar-refractivity contribution is 7.92. The average Bonchev–Trinajstić information content (AvgIpc) is 1.63. The Kier molecular flexibility index (Phi) is 34.4. The summed E-state index contributed by atoms with van der Waals surface area (Å²) >= 11 is 0. The molecule has 0 radical (unpaired) electrons. The number of aliphatic hydroxyl groups excluding tert-OH is 3. The van der Waals surface area contributed by atoms with Crippen molar-refractivity contribution < 1.29 is 111 Å². The van der Waals surface area contributed by atoms with Crippen molar-refractivity contribution in [2.45, 2.75) is 225 Å². The van der Waals surface area contributed by atoms with E-state index in [4.69, 9.17) is 48.7 Å². The molecule has 10 rings (SSSR count). The number of imide groups is 2. The first-order valence-corrected chi connectivity index (χ1v) is 45.3. The van der Waals surface area contributed by atoms with Crippen LogP contribution in [0.1, 0.15) is 121 Å². The molecule has 4 unspecified atom stereocenters. The van der Waals surface area contributed by atoms with E-state index in [1.54, 1.807) is 181 Å². The minimum absolute atomic E-state index is 0.00239. The van der Waals surface area contributed by atoms with Crippen molar-refractivity contribution in [2.75, 3.05) is 49.3 Å². The van der Waals surface area contributed by atoms with Crippen LogP contribution in [-0.2, 0) is 82.0 Å². The van der Waals surface area contributed by atoms with Gasteiger partial charge in [0, 0.05) is 62.3 Å². The maximum atomic E-state index is 13.0. The van der Waals surface area contributed by atoms with Gasteiger partial charge in [-0.15, -0.1) is 19.7 Å². The van der Waals surface area contributed by atoms with Crippen LogP contribution >= 0.6 is 0 Å². The van der Waals surface area contributed by atoms with Gasteiger partial charge in [-0.3, -0.25) is 0 Å². The Hall–Kier alpha value is -7.27. The molecule has 4 amide bonds. The van der Waals surface area contributed by atoms with Crippen molar-refractivity contribution >= 4 is 70.0 Å². The predicted molar refractivity (Wildman–Crippen MR) is 427 cm³/mol. The summed E-state index contributed by atoms with van der Waals surface area (Å²) in [6.45, 7) is 29.2. The Morgan fingerprint density at radius 1 is 0.465 bits per heavy atom. The molecule has 4 aromatic rings. The Balaban J connectivity index is 0.000000213. The van der Waals surface area contributed by atoms with Gasteiger partial charge in [-0.05, 0) is 133 Å². The smallest absolute Gasteiger partial charge is 0.419 e. The molecule has 114 heavy (non-hydrogen) atoms. The summed E-state index contributed by atoms with van der Waals surface area (Å²) in [4.78, 5) is 63.2. The third kappa shape index (κ3) is 26.4. The molecular weight excluding hydrogens is 1550 g/mol. The summed E-state index contributed by atoms with van der Waals surface area (Å²) in [7, 11) is -13.9. The molecule has 6 heterocycles. The van der Waals surface area contributed by atoms with Gasteiger partial charge < -0.3 is 63.7 Å². The number of nitrogens with two attached hydrogens (primary N) is 1. The monoisotopic (exact) mass is 1670 g/mol. The summed E-state index contributed by atoms with van der Waals surface area (Å²) < 4.78 is 148. The van der Waals surface area contributed by atoms with Crippen LogP contribution in [0.5, 0.6) is 0 Å². The lowest BCUT2D eigenvalue weighted by atomic mass is 9.87. The van der Waals surface area contributed by atoms with E-state index in [2.05, 4.69) is 19.7 Å². The number of carbonyl (C=O) groups excluding carboxylic acids is 5. The van der Waals surface area contributed by atoms with Gasteiger partial charge in [0.1, 0.15) is 29.7 Å². The normalized spacial score (nSPS) is 28.2. The number of sulfone groups is 4. The van der Waals surface area contributed by atoms with Crippen LogP contribution < -0.4 is 5.73 Å². The molecule has 4 aromatic carbocycles. The molecule has 31 heteroatoms. The molecule has 6 aliphatic rings. The van der Waals surface area contributed by atoms with Crippen LogP contribution in [0.2, 0.25) is 0 Å².